The van der Waals surface area contributed by atoms with Gasteiger partial charge in [0, 0.05) is 28.0 Å². The zero-order valence-corrected chi connectivity index (χ0v) is 16.8. The molecule has 150 valence electrons. The van der Waals surface area contributed by atoms with Gasteiger partial charge in [-0.3, -0.25) is 0 Å². The van der Waals surface area contributed by atoms with E-state index in [0.717, 1.165) is 16.0 Å². The second-order valence-corrected chi connectivity index (χ2v) is 9.82. The maximum atomic E-state index is 12.7. The first-order valence-electron chi connectivity index (χ1n) is 8.37. The average molecular weight is 429 g/mol. The van der Waals surface area contributed by atoms with Crippen molar-refractivity contribution in [1.29, 1.82) is 0 Å². The van der Waals surface area contributed by atoms with Gasteiger partial charge in [-0.15, -0.1) is 11.3 Å². The molecule has 0 aliphatic carbocycles. The van der Waals surface area contributed by atoms with Gasteiger partial charge in [-0.2, -0.15) is 18.3 Å². The van der Waals surface area contributed by atoms with Crippen LogP contribution in [0.1, 0.15) is 22.0 Å². The summed E-state index contributed by atoms with van der Waals surface area (Å²) in [5.74, 6) is 0.613. The van der Waals surface area contributed by atoms with Crippen LogP contribution in [0.4, 0.5) is 13.2 Å². The first-order valence-corrected chi connectivity index (χ1v) is 11.1. The maximum Gasteiger partial charge on any atom is 0.390 e. The molecule has 0 spiro atoms. The van der Waals surface area contributed by atoms with Crippen molar-refractivity contribution < 1.29 is 21.6 Å². The van der Waals surface area contributed by atoms with Crippen LogP contribution in [-0.4, -0.2) is 35.6 Å². The Hall–Kier alpha value is -2.20. The lowest BCUT2D eigenvalue weighted by Gasteiger charge is -2.08. The first kappa shape index (κ1) is 20.5. The number of hydrogen-bond acceptors (Lipinski definition) is 5. The van der Waals surface area contributed by atoms with Crippen LogP contribution in [-0.2, 0) is 22.8 Å². The van der Waals surface area contributed by atoms with E-state index in [-0.39, 0.29) is 17.3 Å². The summed E-state index contributed by atoms with van der Waals surface area (Å²) < 4.78 is 62.9. The molecule has 0 unspecified atom stereocenters. The van der Waals surface area contributed by atoms with Gasteiger partial charge in [0.1, 0.15) is 5.82 Å². The fourth-order valence-electron chi connectivity index (χ4n) is 2.64. The number of alkyl halides is 3. The Balaban J connectivity index is 1.98. The summed E-state index contributed by atoms with van der Waals surface area (Å²) in [5.41, 5.74) is 0.442. The Kier molecular flexibility index (Phi) is 5.62. The molecule has 10 heteroatoms. The molecular weight excluding hydrogens is 411 g/mol. The highest BCUT2D eigenvalue weighted by atomic mass is 32.2. The largest absolute Gasteiger partial charge is 0.390 e. The number of sulfone groups is 1. The quantitative estimate of drug-likeness (QED) is 0.587. The topological polar surface area (TPSA) is 64.8 Å². The molecule has 0 N–H and O–H groups in total. The molecule has 0 aliphatic rings. The van der Waals surface area contributed by atoms with E-state index in [1.165, 1.54) is 16.8 Å². The molecule has 3 rings (SSSR count). The molecule has 0 amide bonds. The minimum atomic E-state index is -4.31. The molecule has 28 heavy (non-hydrogen) atoms. The number of rotatable bonds is 6. The second kappa shape index (κ2) is 7.67. The van der Waals surface area contributed by atoms with Gasteiger partial charge in [-0.05, 0) is 31.2 Å². The van der Waals surface area contributed by atoms with Crippen molar-refractivity contribution in [2.45, 2.75) is 37.4 Å². The van der Waals surface area contributed by atoms with Crippen LogP contribution in [0.15, 0.2) is 41.3 Å². The van der Waals surface area contributed by atoms with Crippen LogP contribution in [0.3, 0.4) is 0 Å². The van der Waals surface area contributed by atoms with Gasteiger partial charge in [0.2, 0.25) is 0 Å². The molecule has 0 atom stereocenters. The van der Waals surface area contributed by atoms with Crippen LogP contribution in [0.25, 0.3) is 11.4 Å². The second-order valence-electron chi connectivity index (χ2n) is 6.43. The van der Waals surface area contributed by atoms with Crippen molar-refractivity contribution in [3.05, 3.63) is 52.0 Å². The molecule has 0 bridgehead atoms. The van der Waals surface area contributed by atoms with E-state index in [9.17, 15) is 21.6 Å². The molecule has 0 saturated carbocycles. The predicted octanol–water partition coefficient (Wildman–Crippen LogP) is 4.26. The van der Waals surface area contributed by atoms with Gasteiger partial charge in [-0.25, -0.2) is 18.1 Å². The Morgan fingerprint density at radius 1 is 1.18 bits per heavy atom. The Bertz CT molecular complexity index is 1090. The molecular formula is C18H18F3N3O2S2. The molecule has 1 aromatic carbocycles. The molecule has 0 saturated heterocycles. The monoisotopic (exact) mass is 429 g/mol. The molecule has 2 heterocycles. The summed E-state index contributed by atoms with van der Waals surface area (Å²) in [6.45, 7) is 1.60. The summed E-state index contributed by atoms with van der Waals surface area (Å²) in [7, 11) is -3.42. The van der Waals surface area contributed by atoms with E-state index in [0.29, 0.717) is 17.8 Å². The summed E-state index contributed by atoms with van der Waals surface area (Å²) in [5, 5.41) is 4.23. The third-order valence-electron chi connectivity index (χ3n) is 4.00. The van der Waals surface area contributed by atoms with Crippen molar-refractivity contribution in [3.8, 4) is 11.4 Å². The number of halogens is 3. The van der Waals surface area contributed by atoms with E-state index in [4.69, 9.17) is 0 Å². The minimum absolute atomic E-state index is 0.104. The highest BCUT2D eigenvalue weighted by molar-refractivity contribution is 7.90. The molecule has 0 fully saturated rings. The van der Waals surface area contributed by atoms with Crippen LogP contribution >= 0.6 is 11.3 Å². The van der Waals surface area contributed by atoms with E-state index < -0.39 is 22.4 Å². The maximum absolute atomic E-state index is 12.7. The molecule has 3 aromatic rings. The van der Waals surface area contributed by atoms with E-state index >= 15 is 0 Å². The van der Waals surface area contributed by atoms with Crippen molar-refractivity contribution in [1.82, 2.24) is 14.8 Å². The van der Waals surface area contributed by atoms with Gasteiger partial charge < -0.3 is 0 Å². The standard InChI is InChI=1S/C18H18F3N3O2S2/c1-12-6-7-14(27-12)11-16-22-17(23-24(16)9-8-18(19,20)21)13-4-3-5-15(10-13)28(2,25)26/h3-7,10H,8-9,11H2,1-2H3. The normalized spacial score (nSPS) is 12.5. The number of benzene rings is 1. The fourth-order valence-corrected chi connectivity index (χ4v) is 4.19. The summed E-state index contributed by atoms with van der Waals surface area (Å²) >= 11 is 1.54. The van der Waals surface area contributed by atoms with Crippen molar-refractivity contribution in [2.24, 2.45) is 0 Å². The molecule has 0 aliphatic heterocycles. The van der Waals surface area contributed by atoms with Crippen molar-refractivity contribution in [3.63, 3.8) is 0 Å². The lowest BCUT2D eigenvalue weighted by molar-refractivity contribution is -0.137. The Morgan fingerprint density at radius 2 is 1.93 bits per heavy atom. The lowest BCUT2D eigenvalue weighted by atomic mass is 10.2. The number of thiophene rings is 1. The van der Waals surface area contributed by atoms with E-state index in [1.54, 1.807) is 23.5 Å². The van der Waals surface area contributed by atoms with Crippen LogP contribution in [0.2, 0.25) is 0 Å². The van der Waals surface area contributed by atoms with Crippen LogP contribution in [0, 0.1) is 6.92 Å². The zero-order chi connectivity index (χ0) is 20.5. The fraction of sp³-hybridized carbons (Fsp3) is 0.333. The molecule has 2 aromatic heterocycles. The number of aryl methyl sites for hydroxylation is 2. The minimum Gasteiger partial charge on any atom is -0.249 e. The number of nitrogens with zero attached hydrogens (tertiary/aromatic N) is 3. The van der Waals surface area contributed by atoms with Gasteiger partial charge in [0.05, 0.1) is 17.9 Å². The molecule has 0 radical (unpaired) electrons. The van der Waals surface area contributed by atoms with Gasteiger partial charge >= 0.3 is 6.18 Å². The van der Waals surface area contributed by atoms with Gasteiger partial charge in [-0.1, -0.05) is 12.1 Å². The smallest absolute Gasteiger partial charge is 0.249 e. The Morgan fingerprint density at radius 3 is 2.54 bits per heavy atom. The lowest BCUT2D eigenvalue weighted by Crippen LogP contribution is -2.15. The predicted molar refractivity (Wildman–Crippen MR) is 101 cm³/mol. The number of aromatic nitrogens is 3. The zero-order valence-electron chi connectivity index (χ0n) is 15.2. The Labute approximate surface area is 164 Å². The average Bonchev–Trinajstić information content (AvgIpc) is 3.18. The van der Waals surface area contributed by atoms with Crippen LogP contribution < -0.4 is 0 Å². The number of hydrogen-bond donors (Lipinski definition) is 0. The summed E-state index contributed by atoms with van der Waals surface area (Å²) in [6, 6.07) is 9.92. The first-order chi connectivity index (χ1) is 13.0. The van der Waals surface area contributed by atoms with E-state index in [2.05, 4.69) is 10.1 Å². The SMILES string of the molecule is Cc1ccc(Cc2nc(-c3cccc(S(C)(=O)=O)c3)nn2CCC(F)(F)F)s1. The molecule has 5 nitrogen and oxygen atoms in total. The van der Waals surface area contributed by atoms with Crippen LogP contribution in [0.5, 0.6) is 0 Å². The third-order valence-corrected chi connectivity index (χ3v) is 6.12. The third kappa shape index (κ3) is 5.20. The van der Waals surface area contributed by atoms with Crippen molar-refractivity contribution in [2.75, 3.05) is 6.26 Å². The van der Waals surface area contributed by atoms with Gasteiger partial charge in [0.25, 0.3) is 0 Å². The highest BCUT2D eigenvalue weighted by Crippen LogP contribution is 2.25. The summed E-state index contributed by atoms with van der Waals surface area (Å²) in [6.07, 6.45) is -3.88. The van der Waals surface area contributed by atoms with Crippen molar-refractivity contribution >= 4 is 21.2 Å². The van der Waals surface area contributed by atoms with E-state index in [1.807, 2.05) is 19.1 Å². The van der Waals surface area contributed by atoms with Gasteiger partial charge in [0.15, 0.2) is 15.7 Å². The highest BCUT2D eigenvalue weighted by Gasteiger charge is 2.28. The summed E-state index contributed by atoms with van der Waals surface area (Å²) in [4.78, 5) is 6.57.